The lowest BCUT2D eigenvalue weighted by atomic mass is 10.0. The Morgan fingerprint density at radius 3 is 2.71 bits per heavy atom. The lowest BCUT2D eigenvalue weighted by Gasteiger charge is -2.06. The van der Waals surface area contributed by atoms with Crippen molar-refractivity contribution in [2.24, 2.45) is 0 Å². The van der Waals surface area contributed by atoms with E-state index in [0.717, 1.165) is 10.9 Å². The van der Waals surface area contributed by atoms with Gasteiger partial charge in [0.2, 0.25) is 5.78 Å². The number of hydrogen-bond donors (Lipinski definition) is 0. The van der Waals surface area contributed by atoms with Crippen molar-refractivity contribution >= 4 is 28.4 Å². The van der Waals surface area contributed by atoms with Crippen LogP contribution in [0.1, 0.15) is 21.7 Å². The number of benzene rings is 2. The van der Waals surface area contributed by atoms with Gasteiger partial charge in [-0.05, 0) is 43.3 Å². The Morgan fingerprint density at radius 1 is 1.14 bits per heavy atom. The molecule has 0 aliphatic heterocycles. The largest absolute Gasteiger partial charge is 0.496 e. The van der Waals surface area contributed by atoms with Gasteiger partial charge in [-0.15, -0.1) is 0 Å². The fourth-order valence-electron chi connectivity index (χ4n) is 2.26. The number of carbonyl (C=O) groups is 1. The number of ether oxygens (including phenoxy) is 1. The summed E-state index contributed by atoms with van der Waals surface area (Å²) in [6, 6.07) is 12.4. The molecule has 0 radical (unpaired) electrons. The summed E-state index contributed by atoms with van der Waals surface area (Å²) in [7, 11) is 1.54. The third-order valence-electron chi connectivity index (χ3n) is 3.30. The van der Waals surface area contributed by atoms with E-state index in [1.807, 2.05) is 13.0 Å². The van der Waals surface area contributed by atoms with Crippen LogP contribution < -0.4 is 4.74 Å². The molecule has 0 aliphatic rings. The number of aryl methyl sites for hydroxylation is 1. The fourth-order valence-corrected chi connectivity index (χ4v) is 2.44. The molecule has 4 heteroatoms. The van der Waals surface area contributed by atoms with Gasteiger partial charge in [-0.3, -0.25) is 4.79 Å². The Bertz CT molecular complexity index is 833. The molecule has 0 atom stereocenters. The maximum absolute atomic E-state index is 12.6. The highest BCUT2D eigenvalue weighted by Crippen LogP contribution is 2.27. The smallest absolute Gasteiger partial charge is 0.231 e. The second kappa shape index (κ2) is 5.26. The minimum absolute atomic E-state index is 0.206. The number of ketones is 1. The maximum Gasteiger partial charge on any atom is 0.231 e. The second-order valence-corrected chi connectivity index (χ2v) is 5.26. The highest BCUT2D eigenvalue weighted by Gasteiger charge is 2.19. The highest BCUT2D eigenvalue weighted by molar-refractivity contribution is 6.31. The molecule has 3 nitrogen and oxygen atoms in total. The minimum atomic E-state index is -0.206. The van der Waals surface area contributed by atoms with Crippen LogP contribution in [0, 0.1) is 6.92 Å². The van der Waals surface area contributed by atoms with Crippen molar-refractivity contribution < 1.29 is 13.9 Å². The molecular formula is C17H13ClO3. The summed E-state index contributed by atoms with van der Waals surface area (Å²) in [5.74, 6) is 0.600. The van der Waals surface area contributed by atoms with E-state index in [1.165, 1.54) is 0 Å². The summed E-state index contributed by atoms with van der Waals surface area (Å²) in [6.45, 7) is 1.93. The lowest BCUT2D eigenvalue weighted by molar-refractivity contribution is 0.101. The van der Waals surface area contributed by atoms with Gasteiger partial charge in [0.05, 0.1) is 12.7 Å². The summed E-state index contributed by atoms with van der Waals surface area (Å²) >= 11 is 5.95. The monoisotopic (exact) mass is 300 g/mol. The van der Waals surface area contributed by atoms with Gasteiger partial charge in [-0.1, -0.05) is 23.2 Å². The number of carbonyl (C=O) groups excluding carboxylic acids is 1. The van der Waals surface area contributed by atoms with Gasteiger partial charge in [0, 0.05) is 10.4 Å². The van der Waals surface area contributed by atoms with Gasteiger partial charge in [-0.25, -0.2) is 0 Å². The zero-order valence-electron chi connectivity index (χ0n) is 11.6. The number of furan rings is 1. The quantitative estimate of drug-likeness (QED) is 0.662. The molecule has 0 saturated carbocycles. The van der Waals surface area contributed by atoms with Crippen molar-refractivity contribution in [1.29, 1.82) is 0 Å². The predicted octanol–water partition coefficient (Wildman–Crippen LogP) is 4.63. The summed E-state index contributed by atoms with van der Waals surface area (Å²) in [6.07, 6.45) is 0. The van der Waals surface area contributed by atoms with Crippen molar-refractivity contribution in [3.8, 4) is 5.75 Å². The van der Waals surface area contributed by atoms with E-state index in [-0.39, 0.29) is 11.5 Å². The van der Waals surface area contributed by atoms with Gasteiger partial charge in [-0.2, -0.15) is 0 Å². The van der Waals surface area contributed by atoms with Crippen LogP contribution in [0.3, 0.4) is 0 Å². The molecule has 3 rings (SSSR count). The van der Waals surface area contributed by atoms with Gasteiger partial charge in [0.15, 0.2) is 5.76 Å². The number of hydrogen-bond acceptors (Lipinski definition) is 3. The van der Waals surface area contributed by atoms with Crippen LogP contribution in [-0.4, -0.2) is 12.9 Å². The van der Waals surface area contributed by atoms with Gasteiger partial charge < -0.3 is 9.15 Å². The summed E-state index contributed by atoms with van der Waals surface area (Å²) in [5, 5.41) is 1.41. The first-order valence-electron chi connectivity index (χ1n) is 6.47. The SMILES string of the molecule is COc1ccc(C)cc1C(=O)c1cc2cc(Cl)ccc2o1. The van der Waals surface area contributed by atoms with Crippen molar-refractivity contribution in [2.75, 3.05) is 7.11 Å². The molecule has 2 aromatic carbocycles. The highest BCUT2D eigenvalue weighted by atomic mass is 35.5. The first kappa shape index (κ1) is 13.7. The third kappa shape index (κ3) is 2.52. The standard InChI is InChI=1S/C17H13ClO3/c1-10-3-5-15(20-2)13(7-10)17(19)16-9-11-8-12(18)4-6-14(11)21-16/h3-9H,1-2H3. The molecule has 1 aromatic heterocycles. The first-order chi connectivity index (χ1) is 10.1. The van der Waals surface area contributed by atoms with Crippen molar-refractivity contribution in [3.63, 3.8) is 0 Å². The van der Waals surface area contributed by atoms with E-state index in [9.17, 15) is 4.79 Å². The molecule has 0 N–H and O–H groups in total. The molecule has 1 heterocycles. The number of rotatable bonds is 3. The van der Waals surface area contributed by atoms with E-state index in [2.05, 4.69) is 0 Å². The number of fused-ring (bicyclic) bond motifs is 1. The molecule has 0 bridgehead atoms. The summed E-state index contributed by atoms with van der Waals surface area (Å²) in [5.41, 5.74) is 2.11. The van der Waals surface area contributed by atoms with Crippen molar-refractivity contribution in [2.45, 2.75) is 6.92 Å². The molecule has 21 heavy (non-hydrogen) atoms. The Hall–Kier alpha value is -2.26. The Balaban J connectivity index is 2.10. The predicted molar refractivity (Wildman–Crippen MR) is 82.4 cm³/mol. The van der Waals surface area contributed by atoms with E-state index >= 15 is 0 Å². The fraction of sp³-hybridized carbons (Fsp3) is 0.118. The van der Waals surface area contributed by atoms with Crippen molar-refractivity contribution in [3.05, 3.63) is 64.4 Å². The van der Waals surface area contributed by atoms with E-state index in [4.69, 9.17) is 20.8 Å². The normalized spacial score (nSPS) is 10.8. The number of methoxy groups -OCH3 is 1. The van der Waals surface area contributed by atoms with Crippen LogP contribution in [0.25, 0.3) is 11.0 Å². The van der Waals surface area contributed by atoms with Crippen LogP contribution in [0.4, 0.5) is 0 Å². The average molecular weight is 301 g/mol. The van der Waals surface area contributed by atoms with E-state index in [1.54, 1.807) is 43.5 Å². The molecule has 106 valence electrons. The minimum Gasteiger partial charge on any atom is -0.496 e. The van der Waals surface area contributed by atoms with Gasteiger partial charge in [0.1, 0.15) is 11.3 Å². The van der Waals surface area contributed by atoms with Gasteiger partial charge in [0.25, 0.3) is 0 Å². The van der Waals surface area contributed by atoms with Crippen LogP contribution in [0.2, 0.25) is 5.02 Å². The Labute approximate surface area is 127 Å². The zero-order chi connectivity index (χ0) is 15.0. The molecule has 0 saturated heterocycles. The molecule has 0 aliphatic carbocycles. The molecule has 0 fully saturated rings. The van der Waals surface area contributed by atoms with Crippen LogP contribution in [-0.2, 0) is 0 Å². The van der Waals surface area contributed by atoms with E-state index in [0.29, 0.717) is 21.9 Å². The zero-order valence-corrected chi connectivity index (χ0v) is 12.4. The Kier molecular flexibility index (Phi) is 3.43. The van der Waals surface area contributed by atoms with Crippen LogP contribution >= 0.6 is 11.6 Å². The number of halogens is 1. The average Bonchev–Trinajstić information content (AvgIpc) is 2.89. The van der Waals surface area contributed by atoms with Crippen molar-refractivity contribution in [1.82, 2.24) is 0 Å². The maximum atomic E-state index is 12.6. The molecule has 0 unspecified atom stereocenters. The van der Waals surface area contributed by atoms with Gasteiger partial charge >= 0.3 is 0 Å². The molecule has 0 amide bonds. The topological polar surface area (TPSA) is 39.4 Å². The Morgan fingerprint density at radius 2 is 1.95 bits per heavy atom. The first-order valence-corrected chi connectivity index (χ1v) is 6.85. The van der Waals surface area contributed by atoms with Crippen LogP contribution in [0.15, 0.2) is 46.9 Å². The van der Waals surface area contributed by atoms with Crippen LogP contribution in [0.5, 0.6) is 5.75 Å². The molecule has 3 aromatic rings. The third-order valence-corrected chi connectivity index (χ3v) is 3.54. The summed E-state index contributed by atoms with van der Waals surface area (Å²) < 4.78 is 10.9. The second-order valence-electron chi connectivity index (χ2n) is 4.83. The summed E-state index contributed by atoms with van der Waals surface area (Å²) in [4.78, 5) is 12.6. The molecular weight excluding hydrogens is 288 g/mol. The lowest BCUT2D eigenvalue weighted by Crippen LogP contribution is -2.03. The molecule has 0 spiro atoms. The van der Waals surface area contributed by atoms with E-state index < -0.39 is 0 Å².